The highest BCUT2D eigenvalue weighted by Gasteiger charge is 2.16. The Morgan fingerprint density at radius 2 is 1.56 bits per heavy atom. The molecule has 5 heteroatoms. The molecule has 0 aliphatic heterocycles. The second kappa shape index (κ2) is 8.15. The van der Waals surface area contributed by atoms with Gasteiger partial charge >= 0.3 is 0 Å². The fourth-order valence-electron chi connectivity index (χ4n) is 2.32. The first-order valence-corrected chi connectivity index (χ1v) is 9.02. The third kappa shape index (κ3) is 4.39. The molecule has 0 spiro atoms. The summed E-state index contributed by atoms with van der Waals surface area (Å²) in [5.41, 5.74) is 0.369. The molecule has 3 aromatic rings. The molecule has 0 bridgehead atoms. The van der Waals surface area contributed by atoms with E-state index >= 15 is 0 Å². The molecule has 0 fully saturated rings. The lowest BCUT2D eigenvalue weighted by Gasteiger charge is -2.10. The monoisotopic (exact) mass is 370 g/mol. The molecule has 0 aliphatic rings. The van der Waals surface area contributed by atoms with Crippen LogP contribution in [0.15, 0.2) is 72.8 Å². The molecule has 0 amide bonds. The summed E-state index contributed by atoms with van der Waals surface area (Å²) >= 11 is 6.17. The maximum Gasteiger partial charge on any atom is 0.190 e. The van der Waals surface area contributed by atoms with Gasteiger partial charge in [0.1, 0.15) is 17.2 Å². The van der Waals surface area contributed by atoms with E-state index in [0.717, 1.165) is 16.8 Å². The Hall–Kier alpha value is -2.35. The maximum atomic E-state index is 12.6. The van der Waals surface area contributed by atoms with Crippen LogP contribution in [0, 0.1) is 0 Å². The Balaban J connectivity index is 1.72. The first kappa shape index (κ1) is 17.5. The number of halogens is 1. The largest absolute Gasteiger partial charge is 0.496 e. The van der Waals surface area contributed by atoms with E-state index < -0.39 is 0 Å². The average molecular weight is 371 g/mol. The quantitative estimate of drug-likeness (QED) is 0.553. The second-order valence-corrected chi connectivity index (χ2v) is 6.90. The van der Waals surface area contributed by atoms with Crippen LogP contribution in [0.1, 0.15) is 10.4 Å². The molecule has 0 aromatic heterocycles. The number of carbonyl (C=O) groups excluding carboxylic acids is 1. The fraction of sp³-hybridized carbons (Fsp3) is 0.0500. The Morgan fingerprint density at radius 3 is 2.24 bits per heavy atom. The van der Waals surface area contributed by atoms with Crippen molar-refractivity contribution in [1.29, 1.82) is 0 Å². The number of ether oxygens (including phenoxy) is 2. The minimum atomic E-state index is -0.0563. The Morgan fingerprint density at radius 1 is 0.880 bits per heavy atom. The summed E-state index contributed by atoms with van der Waals surface area (Å²) in [6, 6.07) is 22.2. The van der Waals surface area contributed by atoms with Crippen molar-refractivity contribution < 1.29 is 14.3 Å². The van der Waals surface area contributed by atoms with Gasteiger partial charge in [0, 0.05) is 0 Å². The van der Waals surface area contributed by atoms with Crippen molar-refractivity contribution in [3.63, 3.8) is 0 Å². The number of hydrogen-bond acceptors (Lipinski definition) is 3. The number of methoxy groups -OCH3 is 1. The summed E-state index contributed by atoms with van der Waals surface area (Å²) in [5, 5.41) is 1.31. The van der Waals surface area contributed by atoms with Crippen molar-refractivity contribution >= 4 is 31.0 Å². The van der Waals surface area contributed by atoms with Crippen LogP contribution in [0.3, 0.4) is 0 Å². The van der Waals surface area contributed by atoms with Crippen LogP contribution in [-0.4, -0.2) is 12.6 Å². The third-order valence-corrected chi connectivity index (χ3v) is 4.93. The van der Waals surface area contributed by atoms with Gasteiger partial charge in [-0.1, -0.05) is 48.0 Å². The molecule has 0 radical (unpaired) electrons. The van der Waals surface area contributed by atoms with Crippen molar-refractivity contribution in [3.05, 3.63) is 83.4 Å². The predicted octanol–water partition coefficient (Wildman–Crippen LogP) is 5.29. The Kier molecular flexibility index (Phi) is 5.70. The highest BCUT2D eigenvalue weighted by molar-refractivity contribution is 7.66. The topological polar surface area (TPSA) is 35.5 Å². The van der Waals surface area contributed by atoms with Crippen molar-refractivity contribution in [1.82, 2.24) is 0 Å². The van der Waals surface area contributed by atoms with Gasteiger partial charge in [0.15, 0.2) is 5.52 Å². The summed E-state index contributed by atoms with van der Waals surface area (Å²) in [7, 11) is 1.49. The van der Waals surface area contributed by atoms with E-state index in [-0.39, 0.29) is 14.1 Å². The van der Waals surface area contributed by atoms with Gasteiger partial charge < -0.3 is 9.47 Å². The summed E-state index contributed by atoms with van der Waals surface area (Å²) < 4.78 is 11.0. The smallest absolute Gasteiger partial charge is 0.190 e. The van der Waals surface area contributed by atoms with Gasteiger partial charge in [-0.2, -0.15) is 0 Å². The lowest BCUT2D eigenvalue weighted by Crippen LogP contribution is -2.03. The lowest BCUT2D eigenvalue weighted by molar-refractivity contribution is 0.108. The first-order chi connectivity index (χ1) is 12.2. The predicted molar refractivity (Wildman–Crippen MR) is 103 cm³/mol. The van der Waals surface area contributed by atoms with Crippen molar-refractivity contribution in [2.45, 2.75) is 0 Å². The number of para-hydroxylation sites is 1. The average Bonchev–Trinajstić information content (AvgIpc) is 2.64. The number of rotatable bonds is 6. The zero-order chi connectivity index (χ0) is 17.6. The maximum absolute atomic E-state index is 12.6. The first-order valence-electron chi connectivity index (χ1n) is 7.64. The molecule has 126 valence electrons. The molecule has 0 heterocycles. The SMILES string of the molecule is COc1cccc(Cl)c1C(=O)Pc1ccc(Oc2ccccc2)cc1. The molecule has 25 heavy (non-hydrogen) atoms. The Bertz CT molecular complexity index is 864. The van der Waals surface area contributed by atoms with Gasteiger partial charge in [0.05, 0.1) is 17.7 Å². The highest BCUT2D eigenvalue weighted by atomic mass is 35.5. The van der Waals surface area contributed by atoms with E-state index in [4.69, 9.17) is 21.1 Å². The van der Waals surface area contributed by atoms with Gasteiger partial charge in [-0.05, 0) is 50.3 Å². The number of carbonyl (C=O) groups is 1. The standard InChI is InChI=1S/C20H16ClO3P/c1-23-18-9-5-8-17(21)19(18)20(22)25-16-12-10-15(11-13-16)24-14-6-3-2-4-7-14/h2-13,25H,1H3. The summed E-state index contributed by atoms with van der Waals surface area (Å²) in [6.45, 7) is 0. The van der Waals surface area contributed by atoms with E-state index in [2.05, 4.69) is 0 Å². The highest BCUT2D eigenvalue weighted by Crippen LogP contribution is 2.32. The van der Waals surface area contributed by atoms with E-state index in [0.29, 0.717) is 16.3 Å². The normalized spacial score (nSPS) is 10.8. The Labute approximate surface area is 153 Å². The van der Waals surface area contributed by atoms with Crippen LogP contribution in [0.2, 0.25) is 5.02 Å². The van der Waals surface area contributed by atoms with Crippen molar-refractivity contribution in [2.75, 3.05) is 7.11 Å². The molecule has 0 aliphatic carbocycles. The molecule has 3 rings (SSSR count). The number of hydrogen-bond donors (Lipinski definition) is 0. The molecule has 0 saturated heterocycles. The molecule has 0 N–H and O–H groups in total. The van der Waals surface area contributed by atoms with Gasteiger partial charge in [0.2, 0.25) is 0 Å². The van der Waals surface area contributed by atoms with Crippen LogP contribution in [0.5, 0.6) is 17.2 Å². The van der Waals surface area contributed by atoms with Gasteiger partial charge in [-0.15, -0.1) is 0 Å². The van der Waals surface area contributed by atoms with Gasteiger partial charge in [-0.3, -0.25) is 4.79 Å². The van der Waals surface area contributed by atoms with Crippen LogP contribution in [-0.2, 0) is 0 Å². The molecular formula is C20H16ClO3P. The van der Waals surface area contributed by atoms with Crippen LogP contribution in [0.4, 0.5) is 0 Å². The lowest BCUT2D eigenvalue weighted by atomic mass is 10.2. The van der Waals surface area contributed by atoms with E-state index in [1.807, 2.05) is 54.6 Å². The minimum Gasteiger partial charge on any atom is -0.496 e. The summed E-state index contributed by atoms with van der Waals surface area (Å²) in [5.74, 6) is 1.99. The van der Waals surface area contributed by atoms with E-state index in [9.17, 15) is 4.79 Å². The van der Waals surface area contributed by atoms with Crippen molar-refractivity contribution in [2.24, 2.45) is 0 Å². The zero-order valence-electron chi connectivity index (χ0n) is 13.5. The van der Waals surface area contributed by atoms with E-state index in [1.165, 1.54) is 7.11 Å². The molecular weight excluding hydrogens is 355 g/mol. The van der Waals surface area contributed by atoms with Crippen LogP contribution >= 0.6 is 20.2 Å². The summed E-state index contributed by atoms with van der Waals surface area (Å²) in [4.78, 5) is 12.6. The van der Waals surface area contributed by atoms with E-state index in [1.54, 1.807) is 18.2 Å². The van der Waals surface area contributed by atoms with Crippen LogP contribution < -0.4 is 14.8 Å². The van der Waals surface area contributed by atoms with Crippen LogP contribution in [0.25, 0.3) is 0 Å². The van der Waals surface area contributed by atoms with Crippen molar-refractivity contribution in [3.8, 4) is 17.2 Å². The molecule has 1 atom stereocenters. The number of benzene rings is 3. The fourth-order valence-corrected chi connectivity index (χ4v) is 3.63. The zero-order valence-corrected chi connectivity index (χ0v) is 15.3. The summed E-state index contributed by atoms with van der Waals surface area (Å²) in [6.07, 6.45) is 0. The third-order valence-electron chi connectivity index (χ3n) is 3.51. The molecule has 3 nitrogen and oxygen atoms in total. The molecule has 1 unspecified atom stereocenters. The molecule has 0 saturated carbocycles. The minimum absolute atomic E-state index is 0.0431. The van der Waals surface area contributed by atoms with Gasteiger partial charge in [0.25, 0.3) is 0 Å². The molecule has 3 aromatic carbocycles. The second-order valence-electron chi connectivity index (χ2n) is 5.21. The van der Waals surface area contributed by atoms with Gasteiger partial charge in [-0.25, -0.2) is 0 Å².